The molecule has 2 unspecified atom stereocenters. The molecular weight excluding hydrogens is 401 g/mol. The van der Waals surface area contributed by atoms with Gasteiger partial charge < -0.3 is 10.6 Å². The summed E-state index contributed by atoms with van der Waals surface area (Å²) in [4.78, 5) is 13.4. The predicted molar refractivity (Wildman–Crippen MR) is 103 cm³/mol. The van der Waals surface area contributed by atoms with E-state index in [-0.39, 0.29) is 30.3 Å². The zero-order valence-corrected chi connectivity index (χ0v) is 16.3. The van der Waals surface area contributed by atoms with E-state index in [9.17, 15) is 13.6 Å². The molecule has 2 aromatic rings. The molecule has 3 nitrogen and oxygen atoms in total. The highest BCUT2D eigenvalue weighted by Gasteiger charge is 2.28. The van der Waals surface area contributed by atoms with Crippen molar-refractivity contribution in [1.82, 2.24) is 10.6 Å². The first-order valence-corrected chi connectivity index (χ1v) is 9.41. The number of rotatable bonds is 5. The van der Waals surface area contributed by atoms with Crippen molar-refractivity contribution < 1.29 is 13.6 Å². The second-order valence-electron chi connectivity index (χ2n) is 6.15. The number of piperidine rings is 1. The van der Waals surface area contributed by atoms with E-state index >= 15 is 0 Å². The monoisotopic (exact) mass is 420 g/mol. The molecule has 1 aliphatic rings. The van der Waals surface area contributed by atoms with Crippen LogP contribution in [0.1, 0.15) is 29.2 Å². The van der Waals surface area contributed by atoms with Crippen LogP contribution in [0.4, 0.5) is 8.78 Å². The highest BCUT2D eigenvalue weighted by atomic mass is 35.5. The van der Waals surface area contributed by atoms with Crippen LogP contribution in [0.3, 0.4) is 0 Å². The molecule has 1 amide bonds. The van der Waals surface area contributed by atoms with Gasteiger partial charge in [0.1, 0.15) is 0 Å². The third-order valence-electron chi connectivity index (χ3n) is 4.43. The maximum absolute atomic E-state index is 13.5. The molecule has 1 aromatic carbocycles. The molecular formula is C18H20Cl2F2N2OS. The van der Waals surface area contributed by atoms with E-state index in [0.717, 1.165) is 29.5 Å². The van der Waals surface area contributed by atoms with E-state index in [0.29, 0.717) is 23.7 Å². The standard InChI is InChI=1S/C18H19ClF2N2OS.ClH/c19-17-5-2-12(25-17)3-6-18(24)23-16-10-22-8-7-13(16)11-1-4-14(20)15(21)9-11;/h1-2,4-5,9,13,16,22H,3,6-8,10H2,(H,23,24);1H. The second kappa shape index (κ2) is 9.65. The molecule has 0 bridgehead atoms. The van der Waals surface area contributed by atoms with Crippen molar-refractivity contribution in [3.8, 4) is 0 Å². The van der Waals surface area contributed by atoms with Gasteiger partial charge in [-0.05, 0) is 49.2 Å². The van der Waals surface area contributed by atoms with Crippen LogP contribution in [-0.2, 0) is 11.2 Å². The minimum absolute atomic E-state index is 0. The molecule has 1 fully saturated rings. The summed E-state index contributed by atoms with van der Waals surface area (Å²) in [6.07, 6.45) is 1.77. The van der Waals surface area contributed by atoms with Gasteiger partial charge in [-0.2, -0.15) is 0 Å². The Hall–Kier alpha value is -1.21. The molecule has 3 rings (SSSR count). The van der Waals surface area contributed by atoms with E-state index < -0.39 is 11.6 Å². The Morgan fingerprint density at radius 1 is 1.27 bits per heavy atom. The number of nitrogens with one attached hydrogen (secondary N) is 2. The fourth-order valence-corrected chi connectivity index (χ4v) is 4.24. The Morgan fingerprint density at radius 2 is 2.08 bits per heavy atom. The van der Waals surface area contributed by atoms with Crippen molar-refractivity contribution in [2.45, 2.75) is 31.2 Å². The third-order valence-corrected chi connectivity index (χ3v) is 5.72. The van der Waals surface area contributed by atoms with Gasteiger partial charge in [-0.3, -0.25) is 4.79 Å². The minimum Gasteiger partial charge on any atom is -0.351 e. The fraction of sp³-hybridized carbons (Fsp3) is 0.389. The molecule has 142 valence electrons. The normalized spacial score (nSPS) is 19.7. The quantitative estimate of drug-likeness (QED) is 0.756. The summed E-state index contributed by atoms with van der Waals surface area (Å²) in [6.45, 7) is 1.39. The number of halogens is 4. The number of benzene rings is 1. The molecule has 1 saturated heterocycles. The lowest BCUT2D eigenvalue weighted by Crippen LogP contribution is -2.50. The van der Waals surface area contributed by atoms with Crippen LogP contribution in [0.25, 0.3) is 0 Å². The maximum Gasteiger partial charge on any atom is 0.220 e. The van der Waals surface area contributed by atoms with Crippen LogP contribution in [0, 0.1) is 11.6 Å². The zero-order chi connectivity index (χ0) is 17.8. The van der Waals surface area contributed by atoms with Gasteiger partial charge in [0.15, 0.2) is 11.6 Å². The Kier molecular flexibility index (Phi) is 7.83. The van der Waals surface area contributed by atoms with Crippen molar-refractivity contribution in [3.05, 3.63) is 56.7 Å². The highest BCUT2D eigenvalue weighted by Crippen LogP contribution is 2.27. The van der Waals surface area contributed by atoms with Crippen LogP contribution < -0.4 is 10.6 Å². The maximum atomic E-state index is 13.5. The number of carbonyl (C=O) groups excluding carboxylic acids is 1. The second-order valence-corrected chi connectivity index (χ2v) is 7.95. The molecule has 2 heterocycles. The smallest absolute Gasteiger partial charge is 0.220 e. The summed E-state index contributed by atoms with van der Waals surface area (Å²) in [5.74, 6) is -1.79. The Labute approximate surface area is 166 Å². The first kappa shape index (κ1) is 21.1. The summed E-state index contributed by atoms with van der Waals surface area (Å²) in [5, 5.41) is 6.28. The Balaban J connectivity index is 0.00000243. The van der Waals surface area contributed by atoms with E-state index in [1.54, 1.807) is 6.07 Å². The van der Waals surface area contributed by atoms with Crippen LogP contribution in [0.2, 0.25) is 4.34 Å². The summed E-state index contributed by atoms with van der Waals surface area (Å²) in [6, 6.07) is 7.58. The van der Waals surface area contributed by atoms with Crippen LogP contribution in [0.5, 0.6) is 0 Å². The summed E-state index contributed by atoms with van der Waals surface area (Å²) in [7, 11) is 0. The van der Waals surface area contributed by atoms with Crippen molar-refractivity contribution in [3.63, 3.8) is 0 Å². The zero-order valence-electron chi connectivity index (χ0n) is 13.9. The van der Waals surface area contributed by atoms with Gasteiger partial charge in [-0.25, -0.2) is 8.78 Å². The van der Waals surface area contributed by atoms with Gasteiger partial charge in [0.05, 0.1) is 4.34 Å². The number of hydrogen-bond donors (Lipinski definition) is 2. The molecule has 0 spiro atoms. The van der Waals surface area contributed by atoms with E-state index in [4.69, 9.17) is 11.6 Å². The molecule has 1 aliphatic heterocycles. The molecule has 8 heteroatoms. The lowest BCUT2D eigenvalue weighted by atomic mass is 9.86. The number of carbonyl (C=O) groups is 1. The molecule has 2 atom stereocenters. The topological polar surface area (TPSA) is 41.1 Å². The largest absolute Gasteiger partial charge is 0.351 e. The molecule has 0 radical (unpaired) electrons. The Morgan fingerprint density at radius 3 is 2.77 bits per heavy atom. The lowest BCUT2D eigenvalue weighted by molar-refractivity contribution is -0.122. The van der Waals surface area contributed by atoms with Gasteiger partial charge in [0, 0.05) is 29.8 Å². The first-order valence-electron chi connectivity index (χ1n) is 8.22. The molecule has 1 aromatic heterocycles. The van der Waals surface area contributed by atoms with Crippen molar-refractivity contribution in [2.75, 3.05) is 13.1 Å². The number of amides is 1. The lowest BCUT2D eigenvalue weighted by Gasteiger charge is -2.33. The average molecular weight is 421 g/mol. The van der Waals surface area contributed by atoms with Crippen LogP contribution >= 0.6 is 35.3 Å². The van der Waals surface area contributed by atoms with E-state index in [1.807, 2.05) is 12.1 Å². The summed E-state index contributed by atoms with van der Waals surface area (Å²) >= 11 is 7.37. The third kappa shape index (κ3) is 5.39. The van der Waals surface area contributed by atoms with Crippen molar-refractivity contribution >= 4 is 41.3 Å². The van der Waals surface area contributed by atoms with Crippen molar-refractivity contribution in [1.29, 1.82) is 0 Å². The summed E-state index contributed by atoms with van der Waals surface area (Å²) in [5.41, 5.74) is 0.718. The van der Waals surface area contributed by atoms with Crippen LogP contribution in [-0.4, -0.2) is 25.0 Å². The van der Waals surface area contributed by atoms with Gasteiger partial charge >= 0.3 is 0 Å². The molecule has 0 aliphatic carbocycles. The molecule has 0 saturated carbocycles. The van der Waals surface area contributed by atoms with Crippen LogP contribution in [0.15, 0.2) is 30.3 Å². The average Bonchev–Trinajstić information content (AvgIpc) is 3.02. The fourth-order valence-electron chi connectivity index (χ4n) is 3.15. The van der Waals surface area contributed by atoms with Gasteiger partial charge in [0.2, 0.25) is 5.91 Å². The minimum atomic E-state index is -0.854. The van der Waals surface area contributed by atoms with Gasteiger partial charge in [0.25, 0.3) is 0 Å². The van der Waals surface area contributed by atoms with Gasteiger partial charge in [-0.15, -0.1) is 23.7 Å². The SMILES string of the molecule is Cl.O=C(CCc1ccc(Cl)s1)NC1CNCCC1c1ccc(F)c(F)c1. The number of thiophene rings is 1. The molecule has 26 heavy (non-hydrogen) atoms. The highest BCUT2D eigenvalue weighted by molar-refractivity contribution is 7.16. The first-order chi connectivity index (χ1) is 12.0. The molecule has 2 N–H and O–H groups in total. The Bertz CT molecular complexity index is 757. The van der Waals surface area contributed by atoms with Gasteiger partial charge in [-0.1, -0.05) is 17.7 Å². The van der Waals surface area contributed by atoms with E-state index in [2.05, 4.69) is 10.6 Å². The number of aryl methyl sites for hydroxylation is 1. The summed E-state index contributed by atoms with van der Waals surface area (Å²) < 4.78 is 27.4. The number of hydrogen-bond acceptors (Lipinski definition) is 3. The van der Waals surface area contributed by atoms with E-state index in [1.165, 1.54) is 17.4 Å². The predicted octanol–water partition coefficient (Wildman–Crippen LogP) is 4.30. The van der Waals surface area contributed by atoms with Crippen molar-refractivity contribution in [2.24, 2.45) is 0 Å².